The third-order valence-corrected chi connectivity index (χ3v) is 2.59. The first kappa shape index (κ1) is 11.0. The first-order chi connectivity index (χ1) is 7.85. The van der Waals surface area contributed by atoms with E-state index in [0.717, 1.165) is 24.3 Å². The molecule has 0 atom stereocenters. The summed E-state index contributed by atoms with van der Waals surface area (Å²) in [5.74, 6) is 0. The largest absolute Gasteiger partial charge is 0.316 e. The molecular formula is C13H17N3. The Morgan fingerprint density at radius 3 is 2.56 bits per heavy atom. The van der Waals surface area contributed by atoms with Gasteiger partial charge in [0.15, 0.2) is 0 Å². The average Bonchev–Trinajstić information content (AvgIpc) is 2.31. The number of aromatic nitrogens is 1. The molecule has 0 radical (unpaired) electrons. The molecule has 2 rings (SSSR count). The van der Waals surface area contributed by atoms with Gasteiger partial charge >= 0.3 is 0 Å². The minimum atomic E-state index is 0.809. The van der Waals surface area contributed by atoms with Crippen LogP contribution in [0.4, 0.5) is 0 Å². The van der Waals surface area contributed by atoms with Gasteiger partial charge in [-0.2, -0.15) is 0 Å². The quantitative estimate of drug-likeness (QED) is 0.814. The average molecular weight is 215 g/mol. The lowest BCUT2D eigenvalue weighted by Crippen LogP contribution is -2.09. The van der Waals surface area contributed by atoms with Crippen molar-refractivity contribution in [2.45, 2.75) is 13.1 Å². The van der Waals surface area contributed by atoms with Crippen LogP contribution in [0, 0.1) is 0 Å². The van der Waals surface area contributed by atoms with Crippen molar-refractivity contribution in [3.05, 3.63) is 41.6 Å². The van der Waals surface area contributed by atoms with Crippen molar-refractivity contribution in [3.63, 3.8) is 0 Å². The van der Waals surface area contributed by atoms with Crippen LogP contribution in [0.3, 0.4) is 0 Å². The second-order valence-corrected chi connectivity index (χ2v) is 3.85. The fourth-order valence-corrected chi connectivity index (χ4v) is 1.86. The van der Waals surface area contributed by atoms with E-state index in [-0.39, 0.29) is 0 Å². The van der Waals surface area contributed by atoms with Crippen LogP contribution in [-0.4, -0.2) is 19.1 Å². The van der Waals surface area contributed by atoms with Crippen LogP contribution < -0.4 is 10.6 Å². The molecule has 3 heteroatoms. The van der Waals surface area contributed by atoms with Gasteiger partial charge < -0.3 is 10.6 Å². The van der Waals surface area contributed by atoms with Gasteiger partial charge in [-0.25, -0.2) is 0 Å². The van der Waals surface area contributed by atoms with Crippen LogP contribution in [0.25, 0.3) is 10.9 Å². The Morgan fingerprint density at radius 1 is 1.00 bits per heavy atom. The van der Waals surface area contributed by atoms with Crippen molar-refractivity contribution >= 4 is 10.9 Å². The van der Waals surface area contributed by atoms with E-state index in [1.807, 2.05) is 14.1 Å². The van der Waals surface area contributed by atoms with E-state index in [4.69, 9.17) is 0 Å². The summed E-state index contributed by atoms with van der Waals surface area (Å²) in [6, 6.07) is 10.5. The lowest BCUT2D eigenvalue weighted by molar-refractivity contribution is 0.791. The molecule has 0 aliphatic rings. The molecule has 0 saturated carbocycles. The number of nitrogens with one attached hydrogen (secondary N) is 2. The smallest absolute Gasteiger partial charge is 0.0750 e. The molecule has 0 aliphatic carbocycles. The van der Waals surface area contributed by atoms with Crippen LogP contribution in [0.2, 0.25) is 0 Å². The fraction of sp³-hybridized carbons (Fsp3) is 0.308. The van der Waals surface area contributed by atoms with E-state index in [1.54, 1.807) is 0 Å². The minimum Gasteiger partial charge on any atom is -0.316 e. The van der Waals surface area contributed by atoms with Crippen LogP contribution in [-0.2, 0) is 13.1 Å². The Labute approximate surface area is 95.9 Å². The first-order valence-corrected chi connectivity index (χ1v) is 5.52. The van der Waals surface area contributed by atoms with Crippen molar-refractivity contribution in [2.75, 3.05) is 14.1 Å². The van der Waals surface area contributed by atoms with Crippen molar-refractivity contribution in [1.82, 2.24) is 15.6 Å². The molecule has 2 aromatic rings. The number of pyridine rings is 1. The Hall–Kier alpha value is -1.45. The predicted octanol–water partition coefficient (Wildman–Crippen LogP) is 1.67. The van der Waals surface area contributed by atoms with Gasteiger partial charge in [0.1, 0.15) is 0 Å². The number of para-hydroxylation sites is 1. The molecule has 0 bridgehead atoms. The summed E-state index contributed by atoms with van der Waals surface area (Å²) < 4.78 is 0. The number of hydrogen-bond donors (Lipinski definition) is 2. The third-order valence-electron chi connectivity index (χ3n) is 2.59. The molecule has 1 heterocycles. The maximum atomic E-state index is 4.68. The zero-order valence-corrected chi connectivity index (χ0v) is 9.75. The highest BCUT2D eigenvalue weighted by atomic mass is 14.9. The number of benzene rings is 1. The molecule has 0 spiro atoms. The lowest BCUT2D eigenvalue weighted by atomic mass is 10.1. The summed E-state index contributed by atoms with van der Waals surface area (Å²) in [5.41, 5.74) is 3.43. The molecule has 0 saturated heterocycles. The van der Waals surface area contributed by atoms with E-state index in [2.05, 4.69) is 45.9 Å². The molecule has 1 aromatic heterocycles. The molecule has 0 amide bonds. The van der Waals surface area contributed by atoms with E-state index >= 15 is 0 Å². The minimum absolute atomic E-state index is 0.809. The second kappa shape index (κ2) is 5.05. The molecule has 0 aliphatic heterocycles. The Kier molecular flexibility index (Phi) is 3.49. The Bertz CT molecular complexity index is 480. The number of rotatable bonds is 4. The van der Waals surface area contributed by atoms with Gasteiger partial charge in [0.05, 0.1) is 11.2 Å². The highest BCUT2D eigenvalue weighted by Gasteiger charge is 2.02. The van der Waals surface area contributed by atoms with E-state index in [0.29, 0.717) is 0 Å². The monoisotopic (exact) mass is 215 g/mol. The Morgan fingerprint density at radius 2 is 1.81 bits per heavy atom. The highest BCUT2D eigenvalue weighted by molar-refractivity contribution is 5.81. The van der Waals surface area contributed by atoms with Gasteiger partial charge in [0, 0.05) is 18.5 Å². The summed E-state index contributed by atoms with van der Waals surface area (Å²) >= 11 is 0. The van der Waals surface area contributed by atoms with Gasteiger partial charge in [-0.3, -0.25) is 4.98 Å². The predicted molar refractivity (Wildman–Crippen MR) is 67.3 cm³/mol. The van der Waals surface area contributed by atoms with E-state index < -0.39 is 0 Å². The molecule has 16 heavy (non-hydrogen) atoms. The topological polar surface area (TPSA) is 37.0 Å². The SMILES string of the molecule is CNCc1ccc2cccc(CNC)c2n1. The summed E-state index contributed by atoms with van der Waals surface area (Å²) in [4.78, 5) is 4.68. The summed E-state index contributed by atoms with van der Waals surface area (Å²) in [7, 11) is 3.89. The van der Waals surface area contributed by atoms with E-state index in [1.165, 1.54) is 10.9 Å². The summed E-state index contributed by atoms with van der Waals surface area (Å²) in [6.45, 7) is 1.66. The molecule has 84 valence electrons. The van der Waals surface area contributed by atoms with Crippen molar-refractivity contribution in [2.24, 2.45) is 0 Å². The van der Waals surface area contributed by atoms with Gasteiger partial charge in [-0.15, -0.1) is 0 Å². The zero-order chi connectivity index (χ0) is 11.4. The molecule has 1 aromatic carbocycles. The van der Waals surface area contributed by atoms with Crippen LogP contribution in [0.5, 0.6) is 0 Å². The number of hydrogen-bond acceptors (Lipinski definition) is 3. The number of nitrogens with zero attached hydrogens (tertiary/aromatic N) is 1. The van der Waals surface area contributed by atoms with Gasteiger partial charge in [-0.1, -0.05) is 24.3 Å². The van der Waals surface area contributed by atoms with Crippen molar-refractivity contribution < 1.29 is 0 Å². The third kappa shape index (κ3) is 2.21. The van der Waals surface area contributed by atoms with Crippen LogP contribution in [0.15, 0.2) is 30.3 Å². The lowest BCUT2D eigenvalue weighted by Gasteiger charge is -2.07. The molecule has 2 N–H and O–H groups in total. The molecule has 0 unspecified atom stereocenters. The molecule has 3 nitrogen and oxygen atoms in total. The Balaban J connectivity index is 2.50. The summed E-state index contributed by atoms with van der Waals surface area (Å²) in [5, 5.41) is 7.50. The zero-order valence-electron chi connectivity index (χ0n) is 9.75. The fourth-order valence-electron chi connectivity index (χ4n) is 1.86. The van der Waals surface area contributed by atoms with Gasteiger partial charge in [-0.05, 0) is 25.7 Å². The maximum Gasteiger partial charge on any atom is 0.0750 e. The first-order valence-electron chi connectivity index (χ1n) is 5.52. The van der Waals surface area contributed by atoms with Crippen LogP contribution in [0.1, 0.15) is 11.3 Å². The molecular weight excluding hydrogens is 198 g/mol. The van der Waals surface area contributed by atoms with Gasteiger partial charge in [0.2, 0.25) is 0 Å². The second-order valence-electron chi connectivity index (χ2n) is 3.85. The number of fused-ring (bicyclic) bond motifs is 1. The summed E-state index contributed by atoms with van der Waals surface area (Å²) in [6.07, 6.45) is 0. The standard InChI is InChI=1S/C13H17N3/c1-14-8-11-5-3-4-10-6-7-12(9-15-2)16-13(10)11/h3-7,14-15H,8-9H2,1-2H3. The molecule has 0 fully saturated rings. The normalized spacial score (nSPS) is 10.9. The van der Waals surface area contributed by atoms with Crippen molar-refractivity contribution in [3.8, 4) is 0 Å². The maximum absolute atomic E-state index is 4.68. The van der Waals surface area contributed by atoms with E-state index in [9.17, 15) is 0 Å². The van der Waals surface area contributed by atoms with Crippen molar-refractivity contribution in [1.29, 1.82) is 0 Å². The van der Waals surface area contributed by atoms with Gasteiger partial charge in [0.25, 0.3) is 0 Å². The highest BCUT2D eigenvalue weighted by Crippen LogP contribution is 2.17. The van der Waals surface area contributed by atoms with Crippen LogP contribution >= 0.6 is 0 Å².